The van der Waals surface area contributed by atoms with Crippen molar-refractivity contribution in [2.45, 2.75) is 78.6 Å². The molecule has 1 aromatic rings. The van der Waals surface area contributed by atoms with Crippen molar-refractivity contribution >= 4 is 19.2 Å². The third kappa shape index (κ3) is 4.29. The van der Waals surface area contributed by atoms with Crippen molar-refractivity contribution in [3.63, 3.8) is 0 Å². The maximum atomic E-state index is 11.1. The van der Waals surface area contributed by atoms with Gasteiger partial charge in [-0.3, -0.25) is 0 Å². The first-order chi connectivity index (χ1) is 9.28. The average molecular weight is 304 g/mol. The molecule has 0 saturated heterocycles. The molecule has 0 radical (unpaired) electrons. The molecule has 0 heterocycles. The van der Waals surface area contributed by atoms with Crippen LogP contribution in [0.5, 0.6) is 0 Å². The van der Waals surface area contributed by atoms with Crippen LogP contribution in [0.4, 0.5) is 0 Å². The molecule has 1 aromatic carbocycles. The van der Waals surface area contributed by atoms with Crippen LogP contribution in [0.2, 0.25) is 0 Å². The molecule has 0 aliphatic carbocycles. The van der Waals surface area contributed by atoms with Gasteiger partial charge in [0, 0.05) is 13.5 Å². The molecule has 0 aromatic heterocycles. The normalized spacial score (nSPS) is 13.4. The maximum Gasteiger partial charge on any atom is 0.155 e. The fourth-order valence-electron chi connectivity index (χ4n) is 2.38. The highest BCUT2D eigenvalue weighted by Crippen LogP contribution is 2.34. The highest BCUT2D eigenvalue weighted by Gasteiger charge is 2.28. The van der Waals surface area contributed by atoms with Gasteiger partial charge in [0.1, 0.15) is 0 Å². The van der Waals surface area contributed by atoms with Crippen molar-refractivity contribution in [1.82, 2.24) is 0 Å². The summed E-state index contributed by atoms with van der Waals surface area (Å²) < 4.78 is 0. The monoisotopic (exact) mass is 304 g/mol. The largest absolute Gasteiger partial charge is 0.228 e. The van der Waals surface area contributed by atoms with E-state index in [9.17, 15) is 4.79 Å². The van der Waals surface area contributed by atoms with Gasteiger partial charge in [-0.1, -0.05) is 74.4 Å². The van der Waals surface area contributed by atoms with E-state index < -0.39 is 0 Å². The number of carbonyl (C=O) groups excluding carboxylic acids is 1. The SMILES string of the molecule is CC(C)(C)c1cc(C(C)(C)C)c(P=C=O)c(C(C)(C)C)c1. The van der Waals surface area contributed by atoms with Crippen LogP contribution in [-0.2, 0) is 21.0 Å². The number of hydrogen-bond donors (Lipinski definition) is 0. The summed E-state index contributed by atoms with van der Waals surface area (Å²) in [5.41, 5.74) is 6.09. The van der Waals surface area contributed by atoms with Crippen LogP contribution in [0.25, 0.3) is 0 Å². The van der Waals surface area contributed by atoms with E-state index in [0.717, 1.165) is 5.30 Å². The van der Waals surface area contributed by atoms with E-state index in [1.165, 1.54) is 16.7 Å². The van der Waals surface area contributed by atoms with Crippen LogP contribution in [0.3, 0.4) is 0 Å². The summed E-state index contributed by atoms with van der Waals surface area (Å²) in [6.07, 6.45) is 0. The Morgan fingerprint density at radius 2 is 1.14 bits per heavy atom. The molecule has 116 valence electrons. The Bertz CT molecular complexity index is 536. The molecule has 0 spiro atoms. The number of rotatable bonds is 1. The van der Waals surface area contributed by atoms with Crippen molar-refractivity contribution in [3.05, 3.63) is 28.8 Å². The van der Waals surface area contributed by atoms with E-state index in [-0.39, 0.29) is 16.2 Å². The van der Waals surface area contributed by atoms with E-state index >= 15 is 0 Å². The van der Waals surface area contributed by atoms with E-state index in [1.54, 1.807) is 0 Å². The molecule has 0 amide bonds. The number of benzene rings is 1. The molecule has 0 saturated carbocycles. The lowest BCUT2D eigenvalue weighted by Crippen LogP contribution is -2.29. The summed E-state index contributed by atoms with van der Waals surface area (Å²) in [4.78, 5) is 11.1. The molecule has 0 N–H and O–H groups in total. The Kier molecular flexibility index (Phi) is 4.94. The Morgan fingerprint density at radius 3 is 1.38 bits per heavy atom. The molecule has 21 heavy (non-hydrogen) atoms. The fourth-order valence-corrected chi connectivity index (χ4v) is 3.51. The molecule has 0 aliphatic rings. The summed E-state index contributed by atoms with van der Waals surface area (Å²) in [6.45, 7) is 20.0. The van der Waals surface area contributed by atoms with Gasteiger partial charge in [-0.2, -0.15) is 0 Å². The predicted molar refractivity (Wildman–Crippen MR) is 94.8 cm³/mol. The summed E-state index contributed by atoms with van der Waals surface area (Å²) in [5, 5.41) is 1.14. The highest BCUT2D eigenvalue weighted by atomic mass is 31.1. The first kappa shape index (κ1) is 18.1. The average Bonchev–Trinajstić information content (AvgIpc) is 2.24. The van der Waals surface area contributed by atoms with Gasteiger partial charge in [-0.25, -0.2) is 4.79 Å². The minimum absolute atomic E-state index is 0.0143. The third-order valence-electron chi connectivity index (χ3n) is 3.75. The Labute approximate surface area is 132 Å². The van der Waals surface area contributed by atoms with Crippen molar-refractivity contribution in [2.75, 3.05) is 0 Å². The van der Waals surface area contributed by atoms with Crippen LogP contribution in [0.15, 0.2) is 12.1 Å². The zero-order chi connectivity index (χ0) is 16.6. The summed E-state index contributed by atoms with van der Waals surface area (Å²) in [6, 6.07) is 4.57. The van der Waals surface area contributed by atoms with E-state index in [2.05, 4.69) is 80.1 Å². The Morgan fingerprint density at radius 1 is 0.762 bits per heavy atom. The standard InChI is InChI=1S/C19H29OP/c1-17(2,3)13-10-14(18(4,5)6)16(21-12-20)15(11-13)19(7,8)9/h10-11H,1-9H3. The first-order valence-corrected chi connectivity index (χ1v) is 8.45. The summed E-state index contributed by atoms with van der Waals surface area (Å²) >= 11 is 0. The Hall–Kier alpha value is -0.900. The fraction of sp³-hybridized carbons (Fsp3) is 0.632. The second kappa shape index (κ2) is 5.71. The van der Waals surface area contributed by atoms with Gasteiger partial charge >= 0.3 is 0 Å². The summed E-state index contributed by atoms with van der Waals surface area (Å²) in [7, 11) is 0.651. The van der Waals surface area contributed by atoms with Crippen LogP contribution in [-0.4, -0.2) is 5.66 Å². The van der Waals surface area contributed by atoms with Gasteiger partial charge in [0.2, 0.25) is 0 Å². The Balaban J connectivity index is 3.88. The zero-order valence-electron chi connectivity index (χ0n) is 15.0. The number of hydrogen-bond acceptors (Lipinski definition) is 1. The van der Waals surface area contributed by atoms with Gasteiger partial charge in [0.25, 0.3) is 0 Å². The van der Waals surface area contributed by atoms with Gasteiger partial charge < -0.3 is 0 Å². The molecule has 0 unspecified atom stereocenters. The summed E-state index contributed by atoms with van der Waals surface area (Å²) in [5.74, 6) is 0. The minimum Gasteiger partial charge on any atom is -0.228 e. The molecule has 0 bridgehead atoms. The lowest BCUT2D eigenvalue weighted by molar-refractivity contribution is 0.554. The zero-order valence-corrected chi connectivity index (χ0v) is 15.9. The lowest BCUT2D eigenvalue weighted by atomic mass is 9.75. The van der Waals surface area contributed by atoms with Gasteiger partial charge in [0.05, 0.1) is 0 Å². The molecular weight excluding hydrogens is 275 g/mol. The van der Waals surface area contributed by atoms with E-state index in [1.807, 2.05) is 0 Å². The topological polar surface area (TPSA) is 17.1 Å². The molecule has 1 rings (SSSR count). The van der Waals surface area contributed by atoms with Crippen molar-refractivity contribution in [3.8, 4) is 0 Å². The van der Waals surface area contributed by atoms with Gasteiger partial charge in [-0.05, 0) is 32.9 Å². The lowest BCUT2D eigenvalue weighted by Gasteiger charge is -2.32. The van der Waals surface area contributed by atoms with Crippen LogP contribution >= 0.6 is 8.20 Å². The second-order valence-electron chi connectivity index (χ2n) is 8.87. The smallest absolute Gasteiger partial charge is 0.155 e. The second-order valence-corrected chi connectivity index (χ2v) is 9.73. The van der Waals surface area contributed by atoms with E-state index in [4.69, 9.17) is 0 Å². The van der Waals surface area contributed by atoms with E-state index in [0.29, 0.717) is 8.20 Å². The van der Waals surface area contributed by atoms with Gasteiger partial charge in [-0.15, -0.1) is 0 Å². The maximum absolute atomic E-state index is 11.1. The molecule has 0 aliphatic heterocycles. The highest BCUT2D eigenvalue weighted by molar-refractivity contribution is 7.46. The molecule has 2 heteroatoms. The third-order valence-corrected chi connectivity index (χ3v) is 4.55. The quantitative estimate of drug-likeness (QED) is 0.650. The molecular formula is C19H29OP. The first-order valence-electron chi connectivity index (χ1n) is 7.56. The van der Waals surface area contributed by atoms with Crippen LogP contribution in [0, 0.1) is 0 Å². The van der Waals surface area contributed by atoms with Crippen molar-refractivity contribution < 1.29 is 4.79 Å². The molecule has 0 fully saturated rings. The minimum atomic E-state index is 0.0143. The predicted octanol–water partition coefficient (Wildman–Crippen LogP) is 5.22. The van der Waals surface area contributed by atoms with Crippen molar-refractivity contribution in [2.24, 2.45) is 0 Å². The van der Waals surface area contributed by atoms with Crippen LogP contribution in [0.1, 0.15) is 79.0 Å². The molecule has 1 nitrogen and oxygen atoms in total. The van der Waals surface area contributed by atoms with Gasteiger partial charge in [0.15, 0.2) is 5.66 Å². The molecule has 0 atom stereocenters. The van der Waals surface area contributed by atoms with Crippen LogP contribution < -0.4 is 5.30 Å². The van der Waals surface area contributed by atoms with Crippen molar-refractivity contribution in [1.29, 1.82) is 0 Å².